The molecule has 34 heavy (non-hydrogen) atoms. The molecule has 4 heterocycles. The number of nitrogens with one attached hydrogen (secondary N) is 2. The number of anilines is 1. The lowest BCUT2D eigenvalue weighted by Crippen LogP contribution is -2.39. The van der Waals surface area contributed by atoms with E-state index in [9.17, 15) is 4.79 Å². The van der Waals surface area contributed by atoms with Crippen molar-refractivity contribution in [3.05, 3.63) is 53.4 Å². The highest BCUT2D eigenvalue weighted by molar-refractivity contribution is 6.32. The van der Waals surface area contributed by atoms with Gasteiger partial charge in [-0.15, -0.1) is 0 Å². The van der Waals surface area contributed by atoms with Gasteiger partial charge in [0.1, 0.15) is 16.9 Å². The molecule has 4 aromatic heterocycles. The van der Waals surface area contributed by atoms with Crippen LogP contribution in [-0.4, -0.2) is 54.9 Å². The Balaban J connectivity index is 1.45. The zero-order valence-electron chi connectivity index (χ0n) is 18.4. The van der Waals surface area contributed by atoms with Crippen molar-refractivity contribution < 1.29 is 14.3 Å². The van der Waals surface area contributed by atoms with E-state index in [4.69, 9.17) is 21.1 Å². The number of amides is 1. The van der Waals surface area contributed by atoms with Gasteiger partial charge in [-0.25, -0.2) is 9.97 Å². The molecule has 11 heteroatoms. The number of H-pyrrole nitrogens is 1. The molecule has 0 unspecified atom stereocenters. The van der Waals surface area contributed by atoms with Crippen LogP contribution in [0.25, 0.3) is 22.6 Å². The van der Waals surface area contributed by atoms with E-state index >= 15 is 0 Å². The second-order valence-corrected chi connectivity index (χ2v) is 8.43. The Kier molecular flexibility index (Phi) is 6.33. The molecule has 10 nitrogen and oxygen atoms in total. The van der Waals surface area contributed by atoms with Crippen LogP contribution in [0.4, 0.5) is 5.82 Å². The van der Waals surface area contributed by atoms with Gasteiger partial charge in [0.25, 0.3) is 5.91 Å². The van der Waals surface area contributed by atoms with Crippen LogP contribution in [0.15, 0.2) is 42.9 Å². The quantitative estimate of drug-likeness (QED) is 0.391. The van der Waals surface area contributed by atoms with Gasteiger partial charge in [0.15, 0.2) is 11.5 Å². The topological polar surface area (TPSA) is 128 Å². The number of carbonyl (C=O) groups is 1. The van der Waals surface area contributed by atoms with Gasteiger partial charge >= 0.3 is 0 Å². The Morgan fingerprint density at radius 3 is 2.85 bits per heavy atom. The Hall–Kier alpha value is -3.63. The van der Waals surface area contributed by atoms with Crippen LogP contribution in [0.3, 0.4) is 0 Å². The summed E-state index contributed by atoms with van der Waals surface area (Å²) < 4.78 is 12.0. The number of rotatable bonds is 8. The van der Waals surface area contributed by atoms with E-state index in [1.54, 1.807) is 30.6 Å². The summed E-state index contributed by atoms with van der Waals surface area (Å²) in [5.74, 6) is 0.439. The fourth-order valence-electron chi connectivity index (χ4n) is 3.36. The number of carbonyl (C=O) groups excluding carboxylic acids is 1. The van der Waals surface area contributed by atoms with Crippen molar-refractivity contribution in [3.63, 3.8) is 0 Å². The number of fused-ring (bicyclic) bond motifs is 1. The summed E-state index contributed by atoms with van der Waals surface area (Å²) in [5.41, 5.74) is 1.81. The monoisotopic (exact) mass is 479 g/mol. The molecule has 1 atom stereocenters. The minimum Gasteiger partial charge on any atom is -0.461 e. The van der Waals surface area contributed by atoms with E-state index in [1.165, 1.54) is 6.20 Å². The maximum absolute atomic E-state index is 13.1. The summed E-state index contributed by atoms with van der Waals surface area (Å²) in [6.07, 6.45) is 7.01. The molecule has 1 aliphatic carbocycles. The molecule has 0 aliphatic heterocycles. The molecule has 5 rings (SSSR count). The standard InChI is InChI=1S/C23H22ClN7O3/c1-13-7-8-18(26-10-13)28-22(32)17(12-33-14-4-2-5-14)34-23-15-11-27-31-20(15)29-21(30-23)19-16(24)6-3-9-25-19/h3,6-11,14,17H,2,4-5,12H2,1H3,(H,26,28,32)(H,27,29,30,31)/t17-/m0/s1. The number of hydrogen-bond acceptors (Lipinski definition) is 8. The molecule has 1 saturated carbocycles. The molecule has 1 aliphatic rings. The second-order valence-electron chi connectivity index (χ2n) is 8.02. The van der Waals surface area contributed by atoms with Crippen LogP contribution in [0.2, 0.25) is 5.02 Å². The van der Waals surface area contributed by atoms with Crippen LogP contribution in [0, 0.1) is 6.92 Å². The van der Waals surface area contributed by atoms with Gasteiger partial charge in [0.2, 0.25) is 12.0 Å². The summed E-state index contributed by atoms with van der Waals surface area (Å²) in [6.45, 7) is 1.99. The van der Waals surface area contributed by atoms with Crippen LogP contribution in [0.5, 0.6) is 5.88 Å². The number of halogens is 1. The summed E-state index contributed by atoms with van der Waals surface area (Å²) >= 11 is 6.30. The minimum atomic E-state index is -0.983. The fraction of sp³-hybridized carbons (Fsp3) is 0.304. The van der Waals surface area contributed by atoms with Gasteiger partial charge in [0, 0.05) is 12.4 Å². The molecule has 0 aromatic carbocycles. The Morgan fingerprint density at radius 1 is 1.24 bits per heavy atom. The molecular weight excluding hydrogens is 458 g/mol. The zero-order chi connectivity index (χ0) is 23.5. The Labute approximate surface area is 200 Å². The van der Waals surface area contributed by atoms with Crippen LogP contribution in [0.1, 0.15) is 24.8 Å². The van der Waals surface area contributed by atoms with E-state index in [0.717, 1.165) is 24.8 Å². The molecule has 1 fully saturated rings. The maximum atomic E-state index is 13.1. The highest BCUT2D eigenvalue weighted by Gasteiger charge is 2.28. The first-order valence-corrected chi connectivity index (χ1v) is 11.3. The maximum Gasteiger partial charge on any atom is 0.269 e. The first-order valence-electron chi connectivity index (χ1n) is 10.9. The highest BCUT2D eigenvalue weighted by atomic mass is 35.5. The van der Waals surface area contributed by atoms with Crippen molar-refractivity contribution in [1.82, 2.24) is 30.1 Å². The van der Waals surface area contributed by atoms with Crippen molar-refractivity contribution in [2.45, 2.75) is 38.4 Å². The van der Waals surface area contributed by atoms with Gasteiger partial charge < -0.3 is 14.8 Å². The zero-order valence-corrected chi connectivity index (χ0v) is 19.1. The third-order valence-electron chi connectivity index (χ3n) is 5.49. The van der Waals surface area contributed by atoms with Crippen molar-refractivity contribution in [3.8, 4) is 17.4 Å². The molecule has 4 aromatic rings. The second kappa shape index (κ2) is 9.70. The SMILES string of the molecule is Cc1ccc(NC(=O)[C@H](COC2CCC2)Oc2nc(-c3ncccc3Cl)nc3[nH]ncc23)nc1. The Morgan fingerprint density at radius 2 is 2.12 bits per heavy atom. The fourth-order valence-corrected chi connectivity index (χ4v) is 3.57. The summed E-state index contributed by atoms with van der Waals surface area (Å²) in [7, 11) is 0. The van der Waals surface area contributed by atoms with E-state index < -0.39 is 12.0 Å². The number of pyridine rings is 2. The molecule has 0 saturated heterocycles. The first kappa shape index (κ1) is 22.2. The van der Waals surface area contributed by atoms with Gasteiger partial charge in [0.05, 0.1) is 23.9 Å². The van der Waals surface area contributed by atoms with E-state index in [0.29, 0.717) is 27.6 Å². The molecule has 1 amide bonds. The molecule has 0 spiro atoms. The Bertz CT molecular complexity index is 1310. The van der Waals surface area contributed by atoms with E-state index in [-0.39, 0.29) is 24.4 Å². The number of aromatic nitrogens is 6. The van der Waals surface area contributed by atoms with E-state index in [2.05, 4.69) is 35.5 Å². The largest absolute Gasteiger partial charge is 0.461 e. The lowest BCUT2D eigenvalue weighted by molar-refractivity contribution is -0.128. The molecule has 0 radical (unpaired) electrons. The van der Waals surface area contributed by atoms with Crippen molar-refractivity contribution in [1.29, 1.82) is 0 Å². The van der Waals surface area contributed by atoms with Crippen molar-refractivity contribution >= 4 is 34.4 Å². The molecule has 174 valence electrons. The predicted molar refractivity (Wildman–Crippen MR) is 126 cm³/mol. The normalized spacial score (nSPS) is 14.5. The summed E-state index contributed by atoms with van der Waals surface area (Å²) in [6, 6.07) is 7.01. The van der Waals surface area contributed by atoms with Crippen LogP contribution in [-0.2, 0) is 9.53 Å². The van der Waals surface area contributed by atoms with Gasteiger partial charge in [-0.05, 0) is 49.9 Å². The average Bonchev–Trinajstić information content (AvgIpc) is 3.28. The van der Waals surface area contributed by atoms with Gasteiger partial charge in [-0.1, -0.05) is 17.7 Å². The third kappa shape index (κ3) is 4.82. The van der Waals surface area contributed by atoms with Crippen LogP contribution < -0.4 is 10.1 Å². The minimum absolute atomic E-state index is 0.0609. The van der Waals surface area contributed by atoms with Gasteiger partial charge in [-0.3, -0.25) is 14.9 Å². The van der Waals surface area contributed by atoms with Crippen LogP contribution >= 0.6 is 11.6 Å². The summed E-state index contributed by atoms with van der Waals surface area (Å²) in [5, 5.41) is 10.6. The molecule has 0 bridgehead atoms. The van der Waals surface area contributed by atoms with E-state index in [1.807, 2.05) is 13.0 Å². The third-order valence-corrected chi connectivity index (χ3v) is 5.79. The predicted octanol–water partition coefficient (Wildman–Crippen LogP) is 3.73. The lowest BCUT2D eigenvalue weighted by Gasteiger charge is -2.27. The smallest absolute Gasteiger partial charge is 0.269 e. The number of aromatic amines is 1. The first-order chi connectivity index (χ1) is 16.6. The average molecular weight is 480 g/mol. The van der Waals surface area contributed by atoms with Crippen molar-refractivity contribution in [2.24, 2.45) is 0 Å². The molecular formula is C23H22ClN7O3. The molecule has 2 N–H and O–H groups in total. The van der Waals surface area contributed by atoms with Gasteiger partial charge in [-0.2, -0.15) is 10.1 Å². The van der Waals surface area contributed by atoms with Crippen molar-refractivity contribution in [2.75, 3.05) is 11.9 Å². The number of aryl methyl sites for hydroxylation is 1. The number of nitrogens with zero attached hydrogens (tertiary/aromatic N) is 5. The summed E-state index contributed by atoms with van der Waals surface area (Å²) in [4.78, 5) is 30.6. The lowest BCUT2D eigenvalue weighted by atomic mass is 9.96. The number of ether oxygens (including phenoxy) is 2. The highest BCUT2D eigenvalue weighted by Crippen LogP contribution is 2.29. The number of hydrogen-bond donors (Lipinski definition) is 2.